The second-order valence-electron chi connectivity index (χ2n) is 7.84. The monoisotopic (exact) mass is 425 g/mol. The summed E-state index contributed by atoms with van der Waals surface area (Å²) in [5.74, 6) is 1.22. The number of hydrogen-bond donors (Lipinski definition) is 0. The number of rotatable bonds is 1. The Balaban J connectivity index is 1.73. The normalized spacial score (nSPS) is 19.0. The minimum absolute atomic E-state index is 0.0442. The van der Waals surface area contributed by atoms with Crippen molar-refractivity contribution in [3.8, 4) is 11.5 Å². The number of ether oxygens (including phenoxy) is 3. The summed E-state index contributed by atoms with van der Waals surface area (Å²) in [6.45, 7) is 6.57. The van der Waals surface area contributed by atoms with Crippen molar-refractivity contribution in [1.82, 2.24) is 4.90 Å². The molecule has 0 aliphatic carbocycles. The van der Waals surface area contributed by atoms with E-state index in [-0.39, 0.29) is 11.9 Å². The van der Waals surface area contributed by atoms with Crippen LogP contribution in [-0.4, -0.2) is 48.2 Å². The third-order valence-electron chi connectivity index (χ3n) is 4.69. The highest BCUT2D eigenvalue weighted by Gasteiger charge is 2.44. The van der Waals surface area contributed by atoms with Gasteiger partial charge in [-0.1, -0.05) is 0 Å². The molecule has 1 spiro atoms. The molecule has 0 bridgehead atoms. The molecule has 0 N–H and O–H groups in total. The van der Waals surface area contributed by atoms with E-state index in [1.54, 1.807) is 24.1 Å². The number of likely N-dealkylation sites (tertiary alicyclic amines) is 1. The Morgan fingerprint density at radius 3 is 2.50 bits per heavy atom. The van der Waals surface area contributed by atoms with Crippen LogP contribution in [-0.2, 0) is 4.74 Å². The van der Waals surface area contributed by atoms with Gasteiger partial charge in [-0.25, -0.2) is 4.79 Å². The Kier molecular flexibility index (Phi) is 4.94. The molecule has 0 saturated carbocycles. The van der Waals surface area contributed by atoms with Crippen molar-refractivity contribution in [2.45, 2.75) is 51.2 Å². The third-order valence-corrected chi connectivity index (χ3v) is 5.31. The van der Waals surface area contributed by atoms with Gasteiger partial charge in [0, 0.05) is 25.9 Å². The van der Waals surface area contributed by atoms with E-state index in [2.05, 4.69) is 15.9 Å². The number of carbonyl (C=O) groups is 2. The van der Waals surface area contributed by atoms with Crippen LogP contribution in [0.1, 0.15) is 50.4 Å². The maximum Gasteiger partial charge on any atom is 0.410 e. The van der Waals surface area contributed by atoms with Crippen LogP contribution in [0.3, 0.4) is 0 Å². The first-order valence-corrected chi connectivity index (χ1v) is 9.49. The van der Waals surface area contributed by atoms with Crippen molar-refractivity contribution in [2.75, 3.05) is 20.2 Å². The van der Waals surface area contributed by atoms with Crippen molar-refractivity contribution in [2.24, 2.45) is 0 Å². The molecule has 0 unspecified atom stereocenters. The van der Waals surface area contributed by atoms with Crippen LogP contribution >= 0.6 is 15.9 Å². The number of benzene rings is 1. The first kappa shape index (κ1) is 19.0. The summed E-state index contributed by atoms with van der Waals surface area (Å²) in [5, 5.41) is 0. The van der Waals surface area contributed by atoms with E-state index in [0.29, 0.717) is 49.4 Å². The van der Waals surface area contributed by atoms with Crippen molar-refractivity contribution >= 4 is 27.8 Å². The maximum absolute atomic E-state index is 12.7. The molecule has 3 rings (SSSR count). The summed E-state index contributed by atoms with van der Waals surface area (Å²) in [6, 6.07) is 3.50. The fourth-order valence-electron chi connectivity index (χ4n) is 3.35. The molecule has 1 aromatic rings. The first-order chi connectivity index (χ1) is 12.1. The minimum atomic E-state index is -0.559. The van der Waals surface area contributed by atoms with Gasteiger partial charge in [0.25, 0.3) is 0 Å². The smallest absolute Gasteiger partial charge is 0.410 e. The number of hydrogen-bond acceptors (Lipinski definition) is 5. The predicted molar refractivity (Wildman–Crippen MR) is 100 cm³/mol. The molecule has 26 heavy (non-hydrogen) atoms. The quantitative estimate of drug-likeness (QED) is 0.674. The van der Waals surface area contributed by atoms with E-state index in [4.69, 9.17) is 14.2 Å². The SMILES string of the molecule is COc1cc2c(cc1Br)OC1(CCN(C(=O)OC(C)(C)C)CC1)CC2=O. The highest BCUT2D eigenvalue weighted by molar-refractivity contribution is 9.10. The van der Waals surface area contributed by atoms with Gasteiger partial charge < -0.3 is 19.1 Å². The largest absolute Gasteiger partial charge is 0.496 e. The Morgan fingerprint density at radius 1 is 1.27 bits per heavy atom. The topological polar surface area (TPSA) is 65.1 Å². The molecule has 0 aromatic heterocycles. The molecule has 1 aromatic carbocycles. The van der Waals surface area contributed by atoms with Gasteiger partial charge in [0.1, 0.15) is 22.7 Å². The van der Waals surface area contributed by atoms with Crippen LogP contribution in [0, 0.1) is 0 Å². The zero-order valence-electron chi connectivity index (χ0n) is 15.6. The number of fused-ring (bicyclic) bond motifs is 1. The number of Topliss-reactive ketones (excluding diaryl/α,β-unsaturated/α-hetero) is 1. The van der Waals surface area contributed by atoms with Crippen molar-refractivity contribution in [3.05, 3.63) is 22.2 Å². The highest BCUT2D eigenvalue weighted by Crippen LogP contribution is 2.43. The van der Waals surface area contributed by atoms with Crippen molar-refractivity contribution in [1.29, 1.82) is 0 Å². The minimum Gasteiger partial charge on any atom is -0.496 e. The molecule has 6 nitrogen and oxygen atoms in total. The molecule has 0 radical (unpaired) electrons. The van der Waals surface area contributed by atoms with E-state index in [1.807, 2.05) is 20.8 Å². The molecular weight excluding hydrogens is 402 g/mol. The standard InChI is InChI=1S/C19H24BrNO5/c1-18(2,3)26-17(23)21-7-5-19(6-8-21)11-14(22)12-9-16(24-4)13(20)10-15(12)25-19/h9-10H,5-8,11H2,1-4H3. The van der Waals surface area contributed by atoms with Crippen LogP contribution in [0.15, 0.2) is 16.6 Å². The summed E-state index contributed by atoms with van der Waals surface area (Å²) in [5.41, 5.74) is -0.532. The highest BCUT2D eigenvalue weighted by atomic mass is 79.9. The Bertz CT molecular complexity index is 732. The second kappa shape index (κ2) is 6.76. The molecule has 0 atom stereocenters. The number of methoxy groups -OCH3 is 1. The van der Waals surface area contributed by atoms with Gasteiger partial charge >= 0.3 is 6.09 Å². The van der Waals surface area contributed by atoms with E-state index in [9.17, 15) is 9.59 Å². The van der Waals surface area contributed by atoms with E-state index < -0.39 is 11.2 Å². The molecular formula is C19H24BrNO5. The van der Waals surface area contributed by atoms with Crippen LogP contribution < -0.4 is 9.47 Å². The van der Waals surface area contributed by atoms with Crippen molar-refractivity contribution < 1.29 is 23.8 Å². The molecule has 2 heterocycles. The fraction of sp³-hybridized carbons (Fsp3) is 0.579. The van der Waals surface area contributed by atoms with Gasteiger partial charge in [-0.2, -0.15) is 0 Å². The summed E-state index contributed by atoms with van der Waals surface area (Å²) in [7, 11) is 1.56. The van der Waals surface area contributed by atoms with E-state index >= 15 is 0 Å². The molecule has 7 heteroatoms. The lowest BCUT2D eigenvalue weighted by Crippen LogP contribution is -2.53. The summed E-state index contributed by atoms with van der Waals surface area (Å²) < 4.78 is 17.7. The average Bonchev–Trinajstić information content (AvgIpc) is 2.53. The number of piperidine rings is 1. The molecule has 1 fully saturated rings. The molecule has 2 aliphatic rings. The summed E-state index contributed by atoms with van der Waals surface area (Å²) >= 11 is 3.44. The fourth-order valence-corrected chi connectivity index (χ4v) is 3.84. The van der Waals surface area contributed by atoms with E-state index in [1.165, 1.54) is 0 Å². The maximum atomic E-state index is 12.7. The van der Waals surface area contributed by atoms with Crippen molar-refractivity contribution in [3.63, 3.8) is 0 Å². The third kappa shape index (κ3) is 3.82. The number of carbonyl (C=O) groups excluding carboxylic acids is 2. The number of amides is 1. The van der Waals surface area contributed by atoms with Gasteiger partial charge in [0.15, 0.2) is 5.78 Å². The lowest BCUT2D eigenvalue weighted by molar-refractivity contribution is -0.0226. The molecule has 2 aliphatic heterocycles. The molecule has 142 valence electrons. The average molecular weight is 426 g/mol. The zero-order chi connectivity index (χ0) is 19.1. The number of ketones is 1. The summed E-state index contributed by atoms with van der Waals surface area (Å²) in [4.78, 5) is 26.6. The molecule has 1 amide bonds. The Morgan fingerprint density at radius 2 is 1.92 bits per heavy atom. The predicted octanol–water partition coefficient (Wildman–Crippen LogP) is 4.19. The van der Waals surface area contributed by atoms with Gasteiger partial charge in [-0.15, -0.1) is 0 Å². The second-order valence-corrected chi connectivity index (χ2v) is 8.69. The summed E-state index contributed by atoms with van der Waals surface area (Å²) in [6.07, 6.45) is 1.19. The van der Waals surface area contributed by atoms with Crippen LogP contribution in [0.25, 0.3) is 0 Å². The Hall–Kier alpha value is -1.76. The van der Waals surface area contributed by atoms with E-state index in [0.717, 1.165) is 4.47 Å². The van der Waals surface area contributed by atoms with Crippen LogP contribution in [0.2, 0.25) is 0 Å². The lowest BCUT2D eigenvalue weighted by atomic mass is 9.82. The number of halogens is 1. The van der Waals surface area contributed by atoms with Gasteiger partial charge in [0.2, 0.25) is 0 Å². The van der Waals surface area contributed by atoms with Crippen LogP contribution in [0.5, 0.6) is 11.5 Å². The number of nitrogens with zero attached hydrogens (tertiary/aromatic N) is 1. The Labute approximate surface area is 161 Å². The van der Waals surface area contributed by atoms with Crippen LogP contribution in [0.4, 0.5) is 4.79 Å². The molecule has 1 saturated heterocycles. The van der Waals surface area contributed by atoms with Gasteiger partial charge in [-0.3, -0.25) is 4.79 Å². The zero-order valence-corrected chi connectivity index (χ0v) is 17.1. The van der Waals surface area contributed by atoms with Gasteiger partial charge in [-0.05, 0) is 48.8 Å². The first-order valence-electron chi connectivity index (χ1n) is 8.70. The van der Waals surface area contributed by atoms with Gasteiger partial charge in [0.05, 0.1) is 23.6 Å². The lowest BCUT2D eigenvalue weighted by Gasteiger charge is -2.44.